The number of pyridine rings is 2. The van der Waals surface area contributed by atoms with Gasteiger partial charge in [-0.15, -0.1) is 0 Å². The SMILES string of the molecule is CC(=O)OC(C)(C)C.CCn1ncc2c(-c3cncc(C)c3)c(COCC(=O)O)c(COC)nc21. The number of rotatable bonds is 8. The number of carbonyl (C=O) groups is 2. The second-order valence-corrected chi connectivity index (χ2v) is 8.89. The second-order valence-electron chi connectivity index (χ2n) is 8.89. The highest BCUT2D eigenvalue weighted by Crippen LogP contribution is 2.34. The van der Waals surface area contributed by atoms with Crippen molar-refractivity contribution in [1.29, 1.82) is 0 Å². The minimum atomic E-state index is -1.02. The van der Waals surface area contributed by atoms with Crippen LogP contribution in [0, 0.1) is 6.92 Å². The Morgan fingerprint density at radius 3 is 2.37 bits per heavy atom. The van der Waals surface area contributed by atoms with Crippen molar-refractivity contribution in [2.45, 2.75) is 66.9 Å². The molecule has 1 N–H and O–H groups in total. The quantitative estimate of drug-likeness (QED) is 0.471. The van der Waals surface area contributed by atoms with Crippen molar-refractivity contribution in [3.8, 4) is 11.1 Å². The van der Waals surface area contributed by atoms with Crippen molar-refractivity contribution in [3.05, 3.63) is 41.5 Å². The van der Waals surface area contributed by atoms with E-state index in [-0.39, 0.29) is 31.4 Å². The second kappa shape index (κ2) is 12.4. The molecule has 0 spiro atoms. The van der Waals surface area contributed by atoms with Gasteiger partial charge in [0.25, 0.3) is 0 Å². The van der Waals surface area contributed by atoms with Crippen LogP contribution in [0.5, 0.6) is 0 Å². The number of carbonyl (C=O) groups excluding carboxylic acids is 1. The third kappa shape index (κ3) is 8.11. The molecular weight excluding hydrogens is 452 g/mol. The zero-order valence-corrected chi connectivity index (χ0v) is 21.4. The van der Waals surface area contributed by atoms with E-state index in [0.29, 0.717) is 12.2 Å². The number of hydrogen-bond donors (Lipinski definition) is 1. The minimum Gasteiger partial charge on any atom is -0.480 e. The Labute approximate surface area is 205 Å². The van der Waals surface area contributed by atoms with E-state index in [4.69, 9.17) is 24.3 Å². The first-order valence-electron chi connectivity index (χ1n) is 11.2. The van der Waals surface area contributed by atoms with Gasteiger partial charge >= 0.3 is 11.9 Å². The number of nitrogens with zero attached hydrogens (tertiary/aromatic N) is 4. The van der Waals surface area contributed by atoms with Crippen molar-refractivity contribution in [1.82, 2.24) is 19.7 Å². The van der Waals surface area contributed by atoms with Crippen LogP contribution < -0.4 is 0 Å². The first-order chi connectivity index (χ1) is 16.5. The van der Waals surface area contributed by atoms with Crippen LogP contribution in [0.1, 0.15) is 51.4 Å². The first kappa shape index (κ1) is 27.9. The maximum Gasteiger partial charge on any atom is 0.329 e. The van der Waals surface area contributed by atoms with Gasteiger partial charge < -0.3 is 19.3 Å². The molecule has 0 saturated heterocycles. The Morgan fingerprint density at radius 1 is 1.14 bits per heavy atom. The fourth-order valence-electron chi connectivity index (χ4n) is 3.51. The Morgan fingerprint density at radius 2 is 1.86 bits per heavy atom. The minimum absolute atomic E-state index is 0.106. The lowest BCUT2D eigenvalue weighted by Crippen LogP contribution is -2.21. The van der Waals surface area contributed by atoms with Crippen molar-refractivity contribution in [2.75, 3.05) is 13.7 Å². The Kier molecular flexibility index (Phi) is 9.85. The van der Waals surface area contributed by atoms with E-state index >= 15 is 0 Å². The van der Waals surface area contributed by atoms with Crippen LogP contribution >= 0.6 is 0 Å². The summed E-state index contributed by atoms with van der Waals surface area (Å²) in [6, 6.07) is 2.03. The van der Waals surface area contributed by atoms with Crippen molar-refractivity contribution in [3.63, 3.8) is 0 Å². The number of esters is 1. The zero-order chi connectivity index (χ0) is 26.2. The van der Waals surface area contributed by atoms with Gasteiger partial charge in [-0.2, -0.15) is 5.10 Å². The van der Waals surface area contributed by atoms with Crippen LogP contribution in [0.25, 0.3) is 22.2 Å². The summed E-state index contributed by atoms with van der Waals surface area (Å²) in [5.41, 5.74) is 4.73. The Bertz CT molecular complexity index is 1170. The molecule has 0 aliphatic rings. The highest BCUT2D eigenvalue weighted by atomic mass is 16.6. The molecule has 0 amide bonds. The summed E-state index contributed by atoms with van der Waals surface area (Å²) in [4.78, 5) is 30.1. The number of aromatic nitrogens is 4. The van der Waals surface area contributed by atoms with E-state index in [1.54, 1.807) is 25.7 Å². The molecule has 35 heavy (non-hydrogen) atoms. The molecule has 0 aliphatic heterocycles. The van der Waals surface area contributed by atoms with Crippen LogP contribution in [-0.4, -0.2) is 56.1 Å². The highest BCUT2D eigenvalue weighted by Gasteiger charge is 2.20. The van der Waals surface area contributed by atoms with Crippen molar-refractivity contribution < 1.29 is 28.9 Å². The number of fused-ring (bicyclic) bond motifs is 1. The number of methoxy groups -OCH3 is 1. The summed E-state index contributed by atoms with van der Waals surface area (Å²) in [7, 11) is 1.60. The van der Waals surface area contributed by atoms with Gasteiger partial charge in [0.2, 0.25) is 0 Å². The number of carboxylic acid groups (broad SMARTS) is 1. The normalized spacial score (nSPS) is 11.2. The maximum atomic E-state index is 10.9. The smallest absolute Gasteiger partial charge is 0.329 e. The van der Waals surface area contributed by atoms with E-state index < -0.39 is 5.97 Å². The van der Waals surface area contributed by atoms with Gasteiger partial charge in [0.15, 0.2) is 5.65 Å². The summed E-state index contributed by atoms with van der Waals surface area (Å²) in [6.45, 7) is 11.6. The number of hydrogen-bond acceptors (Lipinski definition) is 8. The lowest BCUT2D eigenvalue weighted by molar-refractivity contribution is -0.152. The van der Waals surface area contributed by atoms with Gasteiger partial charge in [-0.25, -0.2) is 14.5 Å². The maximum absolute atomic E-state index is 10.9. The largest absolute Gasteiger partial charge is 0.480 e. The number of ether oxygens (including phenoxy) is 3. The van der Waals surface area contributed by atoms with E-state index in [1.165, 1.54) is 6.92 Å². The molecular formula is C25H34N4O6. The molecule has 0 aromatic carbocycles. The molecule has 0 unspecified atom stereocenters. The number of aryl methyl sites for hydroxylation is 2. The average Bonchev–Trinajstić information content (AvgIpc) is 3.15. The Balaban J connectivity index is 0.000000466. The molecule has 3 rings (SSSR count). The molecule has 0 fully saturated rings. The first-order valence-corrected chi connectivity index (χ1v) is 11.2. The van der Waals surface area contributed by atoms with Crippen LogP contribution in [0.2, 0.25) is 0 Å². The van der Waals surface area contributed by atoms with Gasteiger partial charge in [-0.05, 0) is 46.2 Å². The summed E-state index contributed by atoms with van der Waals surface area (Å²) >= 11 is 0. The van der Waals surface area contributed by atoms with Crippen LogP contribution in [0.15, 0.2) is 24.7 Å². The van der Waals surface area contributed by atoms with Crippen LogP contribution in [0.4, 0.5) is 0 Å². The summed E-state index contributed by atoms with van der Waals surface area (Å²) in [5.74, 6) is -1.24. The molecule has 0 aliphatic carbocycles. The fraction of sp³-hybridized carbons (Fsp3) is 0.480. The lowest BCUT2D eigenvalue weighted by Gasteiger charge is -2.17. The summed E-state index contributed by atoms with van der Waals surface area (Å²) < 4.78 is 17.4. The van der Waals surface area contributed by atoms with E-state index in [0.717, 1.165) is 33.3 Å². The third-order valence-electron chi connectivity index (χ3n) is 4.64. The third-order valence-corrected chi connectivity index (χ3v) is 4.64. The highest BCUT2D eigenvalue weighted by molar-refractivity contribution is 5.95. The zero-order valence-electron chi connectivity index (χ0n) is 21.4. The molecule has 3 aromatic rings. The molecule has 10 heteroatoms. The molecule has 0 saturated carbocycles. The lowest BCUT2D eigenvalue weighted by atomic mass is 9.97. The summed E-state index contributed by atoms with van der Waals surface area (Å²) in [5, 5.41) is 14.2. The fourth-order valence-corrected chi connectivity index (χ4v) is 3.51. The van der Waals surface area contributed by atoms with Gasteiger partial charge in [0, 0.05) is 55.0 Å². The van der Waals surface area contributed by atoms with E-state index in [1.807, 2.05) is 45.4 Å². The number of aliphatic carboxylic acids is 1. The number of carboxylic acids is 1. The molecule has 190 valence electrons. The topological polar surface area (TPSA) is 126 Å². The van der Waals surface area contributed by atoms with Gasteiger partial charge in [0.05, 0.1) is 25.1 Å². The predicted octanol–water partition coefficient (Wildman–Crippen LogP) is 3.92. The van der Waals surface area contributed by atoms with Gasteiger partial charge in [-0.3, -0.25) is 9.78 Å². The monoisotopic (exact) mass is 486 g/mol. The summed E-state index contributed by atoms with van der Waals surface area (Å²) in [6.07, 6.45) is 5.34. The van der Waals surface area contributed by atoms with Gasteiger partial charge in [0.1, 0.15) is 12.2 Å². The molecule has 0 radical (unpaired) electrons. The van der Waals surface area contributed by atoms with E-state index in [9.17, 15) is 9.59 Å². The molecule has 10 nitrogen and oxygen atoms in total. The molecule has 0 atom stereocenters. The van der Waals surface area contributed by atoms with Crippen molar-refractivity contribution >= 4 is 23.0 Å². The average molecular weight is 487 g/mol. The molecule has 3 aromatic heterocycles. The van der Waals surface area contributed by atoms with Crippen LogP contribution in [0.3, 0.4) is 0 Å². The van der Waals surface area contributed by atoms with Gasteiger partial charge in [-0.1, -0.05) is 0 Å². The van der Waals surface area contributed by atoms with Crippen LogP contribution in [-0.2, 0) is 43.6 Å². The molecule has 3 heterocycles. The Hall–Kier alpha value is -3.37. The van der Waals surface area contributed by atoms with E-state index in [2.05, 4.69) is 10.1 Å². The standard InChI is InChI=1S/C19H22N4O4.C6H12O2/c1-4-23-19-14(8-21-23)18(13-5-12(2)6-20-7-13)15(9-27-11-17(24)25)16(22-19)10-26-3;1-5(7)8-6(2,3)4/h5-8H,4,9-11H2,1-3H3,(H,24,25);1-4H3. The molecule has 0 bridgehead atoms. The van der Waals surface area contributed by atoms with Crippen molar-refractivity contribution in [2.24, 2.45) is 0 Å². The predicted molar refractivity (Wildman–Crippen MR) is 131 cm³/mol.